The Bertz CT molecular complexity index is 629. The highest BCUT2D eigenvalue weighted by Gasteiger charge is 2.18. The highest BCUT2D eigenvalue weighted by Crippen LogP contribution is 2.28. The summed E-state index contributed by atoms with van der Waals surface area (Å²) < 4.78 is 16.6. The Labute approximate surface area is 109 Å². The van der Waals surface area contributed by atoms with Gasteiger partial charge in [-0.15, -0.1) is 0 Å². The van der Waals surface area contributed by atoms with Gasteiger partial charge in [-0.3, -0.25) is 14.7 Å². The number of nitro benzene ring substituents is 1. The van der Waals surface area contributed by atoms with Crippen molar-refractivity contribution < 1.29 is 19.1 Å². The Morgan fingerprint density at radius 3 is 2.37 bits per heavy atom. The lowest BCUT2D eigenvalue weighted by Crippen LogP contribution is -2.05. The number of nitrogens with zero attached hydrogens (tertiary/aromatic N) is 1. The van der Waals surface area contributed by atoms with E-state index in [4.69, 9.17) is 9.63 Å². The Kier molecular flexibility index (Phi) is 3.94. The summed E-state index contributed by atoms with van der Waals surface area (Å²) in [5.74, 6) is 0.819. The van der Waals surface area contributed by atoms with Gasteiger partial charge in [-0.05, 0) is 18.2 Å². The molecule has 19 heavy (non-hydrogen) atoms. The van der Waals surface area contributed by atoms with Crippen LogP contribution >= 0.6 is 8.03 Å². The van der Waals surface area contributed by atoms with Crippen LogP contribution in [0, 0.1) is 10.1 Å². The van der Waals surface area contributed by atoms with E-state index >= 15 is 0 Å². The van der Waals surface area contributed by atoms with Gasteiger partial charge in [0, 0.05) is 12.1 Å². The normalized spacial score (nSPS) is 11.8. The molecule has 0 saturated carbocycles. The molecule has 0 aliphatic carbocycles. The Balaban J connectivity index is 2.36. The third kappa shape index (κ3) is 3.19. The number of nitro groups is 1. The third-order valence-electron chi connectivity index (χ3n) is 2.37. The van der Waals surface area contributed by atoms with Crippen LogP contribution in [0.3, 0.4) is 0 Å². The molecule has 6 nitrogen and oxygen atoms in total. The SMILES string of the molecule is O=[N+]([O-])c1ccc(Oc2ccccc2)cc1[PH](=O)O. The summed E-state index contributed by atoms with van der Waals surface area (Å²) in [5.41, 5.74) is -0.383. The van der Waals surface area contributed by atoms with E-state index in [9.17, 15) is 14.7 Å². The number of hydrogen-bond acceptors (Lipinski definition) is 4. The number of ether oxygens (including phenoxy) is 1. The van der Waals surface area contributed by atoms with Crippen LogP contribution in [0.25, 0.3) is 0 Å². The molecule has 1 unspecified atom stereocenters. The lowest BCUT2D eigenvalue weighted by Gasteiger charge is -2.06. The van der Waals surface area contributed by atoms with Gasteiger partial charge in [-0.2, -0.15) is 0 Å². The standard InChI is InChI=1S/C12H10NO5P/c14-13(15)11-7-6-10(8-12(11)19(16)17)18-9-4-2-1-3-5-9/h1-8,19H,(H,16,17). The van der Waals surface area contributed by atoms with Gasteiger partial charge in [0.1, 0.15) is 16.8 Å². The van der Waals surface area contributed by atoms with Gasteiger partial charge < -0.3 is 9.63 Å². The molecule has 0 radical (unpaired) electrons. The minimum Gasteiger partial charge on any atom is -0.457 e. The molecular formula is C12H10NO5P. The van der Waals surface area contributed by atoms with Crippen molar-refractivity contribution in [2.45, 2.75) is 0 Å². The minimum atomic E-state index is -3.17. The Morgan fingerprint density at radius 1 is 1.11 bits per heavy atom. The largest absolute Gasteiger partial charge is 0.457 e. The predicted molar refractivity (Wildman–Crippen MR) is 70.5 cm³/mol. The molecule has 0 bridgehead atoms. The molecule has 0 heterocycles. The maximum Gasteiger partial charge on any atom is 0.282 e. The number of para-hydroxylation sites is 1. The van der Waals surface area contributed by atoms with Gasteiger partial charge in [0.2, 0.25) is 8.03 Å². The molecule has 2 aromatic carbocycles. The van der Waals surface area contributed by atoms with Gasteiger partial charge in [-0.1, -0.05) is 18.2 Å². The lowest BCUT2D eigenvalue weighted by molar-refractivity contribution is -0.383. The van der Waals surface area contributed by atoms with Crippen LogP contribution < -0.4 is 10.0 Å². The predicted octanol–water partition coefficient (Wildman–Crippen LogP) is 2.48. The van der Waals surface area contributed by atoms with Gasteiger partial charge in [0.15, 0.2) is 0 Å². The first kappa shape index (κ1) is 13.3. The summed E-state index contributed by atoms with van der Waals surface area (Å²) in [5, 5.41) is 10.5. The second kappa shape index (κ2) is 5.65. The van der Waals surface area contributed by atoms with Crippen LogP contribution in [0.2, 0.25) is 0 Å². The van der Waals surface area contributed by atoms with E-state index < -0.39 is 13.0 Å². The molecule has 2 aromatic rings. The number of hydrogen-bond donors (Lipinski definition) is 1. The Hall–Kier alpha value is -2.17. The second-order valence-electron chi connectivity index (χ2n) is 3.66. The fourth-order valence-corrected chi connectivity index (χ4v) is 2.19. The smallest absolute Gasteiger partial charge is 0.282 e. The van der Waals surface area contributed by atoms with Crippen molar-refractivity contribution in [3.05, 3.63) is 58.6 Å². The van der Waals surface area contributed by atoms with Crippen molar-refractivity contribution in [2.75, 3.05) is 0 Å². The number of rotatable bonds is 4. The van der Waals surface area contributed by atoms with Crippen LogP contribution in [0.1, 0.15) is 0 Å². The zero-order valence-electron chi connectivity index (χ0n) is 9.65. The minimum absolute atomic E-state index is 0.219. The summed E-state index contributed by atoms with van der Waals surface area (Å²) in [6.45, 7) is 0. The molecule has 0 aliphatic rings. The van der Waals surface area contributed by atoms with E-state index in [-0.39, 0.29) is 16.7 Å². The molecule has 0 amide bonds. The highest BCUT2D eigenvalue weighted by molar-refractivity contribution is 7.47. The van der Waals surface area contributed by atoms with E-state index in [1.807, 2.05) is 6.07 Å². The molecule has 98 valence electrons. The van der Waals surface area contributed by atoms with Gasteiger partial charge in [0.05, 0.1) is 4.92 Å². The summed E-state index contributed by atoms with van der Waals surface area (Å²) in [7, 11) is -3.17. The maximum absolute atomic E-state index is 11.2. The molecule has 7 heteroatoms. The number of benzene rings is 2. The molecule has 0 aromatic heterocycles. The zero-order chi connectivity index (χ0) is 13.8. The first-order valence-corrected chi connectivity index (χ1v) is 6.68. The summed E-state index contributed by atoms with van der Waals surface area (Å²) in [6, 6.07) is 12.6. The second-order valence-corrected chi connectivity index (χ2v) is 4.81. The average Bonchev–Trinajstić information content (AvgIpc) is 2.39. The van der Waals surface area contributed by atoms with E-state index in [1.165, 1.54) is 12.1 Å². The van der Waals surface area contributed by atoms with E-state index in [2.05, 4.69) is 0 Å². The van der Waals surface area contributed by atoms with Crippen molar-refractivity contribution in [1.82, 2.24) is 0 Å². The van der Waals surface area contributed by atoms with Gasteiger partial charge in [-0.25, -0.2) is 0 Å². The first-order valence-electron chi connectivity index (χ1n) is 5.32. The van der Waals surface area contributed by atoms with Gasteiger partial charge >= 0.3 is 0 Å². The summed E-state index contributed by atoms with van der Waals surface area (Å²) in [6.07, 6.45) is 0. The molecule has 1 atom stereocenters. The molecule has 0 spiro atoms. The van der Waals surface area contributed by atoms with Crippen molar-refractivity contribution >= 4 is 19.0 Å². The van der Waals surface area contributed by atoms with Gasteiger partial charge in [0.25, 0.3) is 5.69 Å². The topological polar surface area (TPSA) is 89.7 Å². The van der Waals surface area contributed by atoms with Crippen molar-refractivity contribution in [3.8, 4) is 11.5 Å². The Morgan fingerprint density at radius 2 is 1.79 bits per heavy atom. The quantitative estimate of drug-likeness (QED) is 0.527. The third-order valence-corrected chi connectivity index (χ3v) is 3.24. The monoisotopic (exact) mass is 279 g/mol. The van der Waals surface area contributed by atoms with Crippen LogP contribution in [0.5, 0.6) is 11.5 Å². The molecular weight excluding hydrogens is 269 g/mol. The van der Waals surface area contributed by atoms with E-state index in [1.54, 1.807) is 24.3 Å². The molecule has 0 fully saturated rings. The average molecular weight is 279 g/mol. The van der Waals surface area contributed by atoms with Crippen molar-refractivity contribution in [1.29, 1.82) is 0 Å². The fraction of sp³-hybridized carbons (Fsp3) is 0. The highest BCUT2D eigenvalue weighted by atomic mass is 31.1. The van der Waals surface area contributed by atoms with Crippen LogP contribution in [-0.4, -0.2) is 9.82 Å². The van der Waals surface area contributed by atoms with Crippen LogP contribution in [-0.2, 0) is 4.57 Å². The van der Waals surface area contributed by atoms with E-state index in [0.717, 1.165) is 6.07 Å². The fourth-order valence-electron chi connectivity index (χ4n) is 1.53. The molecule has 0 saturated heterocycles. The van der Waals surface area contributed by atoms with Crippen LogP contribution in [0.15, 0.2) is 48.5 Å². The molecule has 1 N–H and O–H groups in total. The first-order chi connectivity index (χ1) is 9.08. The molecule has 2 rings (SSSR count). The lowest BCUT2D eigenvalue weighted by atomic mass is 10.3. The van der Waals surface area contributed by atoms with Crippen LogP contribution in [0.4, 0.5) is 5.69 Å². The molecule has 0 aliphatic heterocycles. The zero-order valence-corrected chi connectivity index (χ0v) is 10.6. The van der Waals surface area contributed by atoms with Crippen molar-refractivity contribution in [3.63, 3.8) is 0 Å². The van der Waals surface area contributed by atoms with E-state index in [0.29, 0.717) is 5.75 Å². The van der Waals surface area contributed by atoms with Crippen molar-refractivity contribution in [2.24, 2.45) is 0 Å². The summed E-state index contributed by atoms with van der Waals surface area (Å²) >= 11 is 0. The summed E-state index contributed by atoms with van der Waals surface area (Å²) in [4.78, 5) is 19.2. The maximum atomic E-state index is 11.2.